The molecule has 2 heterocycles. The lowest BCUT2D eigenvalue weighted by atomic mass is 10.1. The Morgan fingerprint density at radius 3 is 2.67 bits per heavy atom. The van der Waals surface area contributed by atoms with E-state index >= 15 is 0 Å². The van der Waals surface area contributed by atoms with Crippen molar-refractivity contribution in [2.75, 3.05) is 31.1 Å². The Hall–Kier alpha value is -3.66. The predicted molar refractivity (Wildman–Crippen MR) is 115 cm³/mol. The van der Waals surface area contributed by atoms with E-state index < -0.39 is 0 Å². The minimum atomic E-state index is 0.0200. The van der Waals surface area contributed by atoms with Crippen LogP contribution in [-0.2, 0) is 6.54 Å². The van der Waals surface area contributed by atoms with Crippen molar-refractivity contribution in [3.05, 3.63) is 66.0 Å². The monoisotopic (exact) mass is 400 g/mol. The number of anilines is 1. The van der Waals surface area contributed by atoms with Gasteiger partial charge in [0.15, 0.2) is 5.82 Å². The van der Waals surface area contributed by atoms with Crippen LogP contribution in [-0.4, -0.2) is 51.8 Å². The van der Waals surface area contributed by atoms with Crippen molar-refractivity contribution >= 4 is 11.6 Å². The largest absolute Gasteiger partial charge is 0.367 e. The summed E-state index contributed by atoms with van der Waals surface area (Å²) in [6.07, 6.45) is 2.52. The summed E-state index contributed by atoms with van der Waals surface area (Å²) in [5.41, 5.74) is 3.16. The molecule has 0 radical (unpaired) electrons. The van der Waals surface area contributed by atoms with Crippen molar-refractivity contribution in [3.8, 4) is 17.5 Å². The van der Waals surface area contributed by atoms with E-state index in [0.717, 1.165) is 30.0 Å². The molecule has 0 saturated carbocycles. The van der Waals surface area contributed by atoms with E-state index in [4.69, 9.17) is 0 Å². The van der Waals surface area contributed by atoms with Gasteiger partial charge >= 0.3 is 0 Å². The summed E-state index contributed by atoms with van der Waals surface area (Å²) in [5.74, 6) is 0.802. The van der Waals surface area contributed by atoms with E-state index in [1.54, 1.807) is 6.33 Å². The first-order chi connectivity index (χ1) is 14.7. The first kappa shape index (κ1) is 19.6. The highest BCUT2D eigenvalue weighted by molar-refractivity contribution is 5.95. The third kappa shape index (κ3) is 3.90. The second kappa shape index (κ2) is 8.78. The maximum Gasteiger partial charge on any atom is 0.253 e. The summed E-state index contributed by atoms with van der Waals surface area (Å²) < 4.78 is 1.87. The predicted octanol–water partition coefficient (Wildman–Crippen LogP) is 3.19. The average molecular weight is 400 g/mol. The van der Waals surface area contributed by atoms with E-state index in [1.165, 1.54) is 0 Å². The minimum Gasteiger partial charge on any atom is -0.367 e. The number of piperazine rings is 1. The Morgan fingerprint density at radius 2 is 1.90 bits per heavy atom. The van der Waals surface area contributed by atoms with Gasteiger partial charge in [-0.1, -0.05) is 31.2 Å². The van der Waals surface area contributed by atoms with E-state index in [1.807, 2.05) is 58.1 Å². The number of aromatic nitrogens is 3. The lowest BCUT2D eigenvalue weighted by Crippen LogP contribution is -2.49. The fraction of sp³-hybridized carbons (Fsp3) is 0.304. The van der Waals surface area contributed by atoms with Crippen LogP contribution in [0.3, 0.4) is 0 Å². The Kier molecular flexibility index (Phi) is 5.75. The summed E-state index contributed by atoms with van der Waals surface area (Å²) >= 11 is 0. The summed E-state index contributed by atoms with van der Waals surface area (Å²) in [7, 11) is 0. The zero-order valence-electron chi connectivity index (χ0n) is 17.0. The topological polar surface area (TPSA) is 78.1 Å². The van der Waals surface area contributed by atoms with E-state index in [0.29, 0.717) is 37.3 Å². The molecular weight excluding hydrogens is 376 g/mol. The van der Waals surface area contributed by atoms with Gasteiger partial charge in [0.05, 0.1) is 11.3 Å². The zero-order valence-corrected chi connectivity index (χ0v) is 17.0. The van der Waals surface area contributed by atoms with E-state index in [2.05, 4.69) is 28.0 Å². The van der Waals surface area contributed by atoms with Gasteiger partial charge in [0.25, 0.3) is 5.91 Å². The highest BCUT2D eigenvalue weighted by Gasteiger charge is 2.24. The zero-order chi connectivity index (χ0) is 20.9. The van der Waals surface area contributed by atoms with Crippen molar-refractivity contribution in [2.45, 2.75) is 19.9 Å². The first-order valence-corrected chi connectivity index (χ1v) is 10.2. The van der Waals surface area contributed by atoms with Gasteiger partial charge in [0.1, 0.15) is 12.4 Å². The normalized spacial score (nSPS) is 13.9. The maximum atomic E-state index is 13.1. The van der Waals surface area contributed by atoms with Gasteiger partial charge in [-0.2, -0.15) is 10.4 Å². The van der Waals surface area contributed by atoms with Gasteiger partial charge in [-0.15, -0.1) is 0 Å². The van der Waals surface area contributed by atoms with Crippen LogP contribution in [0.5, 0.6) is 0 Å². The standard InChI is InChI=1S/C23H24N6O/c1-2-10-29-22(25-17-26-29)18-7-5-8-19(15-18)23(30)28-13-11-27(12-14-28)21-9-4-3-6-20(21)16-24/h3-9,15,17H,2,10-14H2,1H3. The van der Waals surface area contributed by atoms with Crippen molar-refractivity contribution in [2.24, 2.45) is 0 Å². The molecule has 2 aromatic carbocycles. The molecule has 7 heteroatoms. The fourth-order valence-electron chi connectivity index (χ4n) is 3.83. The molecule has 0 unspecified atom stereocenters. The van der Waals surface area contributed by atoms with Crippen LogP contribution in [0.4, 0.5) is 5.69 Å². The SMILES string of the molecule is CCCn1ncnc1-c1cccc(C(=O)N2CCN(c3ccccc3C#N)CC2)c1. The third-order valence-electron chi connectivity index (χ3n) is 5.35. The molecule has 0 atom stereocenters. The number of hydrogen-bond donors (Lipinski definition) is 0. The highest BCUT2D eigenvalue weighted by atomic mass is 16.2. The number of para-hydroxylation sites is 1. The average Bonchev–Trinajstić information content (AvgIpc) is 3.27. The lowest BCUT2D eigenvalue weighted by molar-refractivity contribution is 0.0747. The quantitative estimate of drug-likeness (QED) is 0.657. The molecule has 1 aromatic heterocycles. The molecule has 30 heavy (non-hydrogen) atoms. The van der Waals surface area contributed by atoms with Gasteiger partial charge in [0.2, 0.25) is 0 Å². The molecule has 3 aromatic rings. The molecule has 0 bridgehead atoms. The number of carbonyl (C=O) groups is 1. The Bertz CT molecular complexity index is 1080. The Labute approximate surface area is 176 Å². The van der Waals surface area contributed by atoms with Crippen molar-refractivity contribution in [1.82, 2.24) is 19.7 Å². The van der Waals surface area contributed by atoms with Crippen molar-refractivity contribution < 1.29 is 4.79 Å². The number of carbonyl (C=O) groups excluding carboxylic acids is 1. The summed E-state index contributed by atoms with van der Waals surface area (Å²) in [4.78, 5) is 21.5. The number of hydrogen-bond acceptors (Lipinski definition) is 5. The smallest absolute Gasteiger partial charge is 0.253 e. The van der Waals surface area contributed by atoms with Gasteiger partial charge in [0, 0.05) is 43.9 Å². The molecule has 152 valence electrons. The fourth-order valence-corrected chi connectivity index (χ4v) is 3.83. The number of nitrogens with zero attached hydrogens (tertiary/aromatic N) is 6. The van der Waals surface area contributed by atoms with Crippen LogP contribution in [0.1, 0.15) is 29.3 Å². The van der Waals surface area contributed by atoms with Crippen LogP contribution in [0.25, 0.3) is 11.4 Å². The van der Waals surface area contributed by atoms with Crippen molar-refractivity contribution in [3.63, 3.8) is 0 Å². The molecule has 1 amide bonds. The first-order valence-electron chi connectivity index (χ1n) is 10.2. The summed E-state index contributed by atoms with van der Waals surface area (Å²) in [6.45, 7) is 5.54. The van der Waals surface area contributed by atoms with E-state index in [9.17, 15) is 10.1 Å². The van der Waals surface area contributed by atoms with Crippen LogP contribution in [0.2, 0.25) is 0 Å². The van der Waals surface area contributed by atoms with Crippen LogP contribution in [0.15, 0.2) is 54.9 Å². The Morgan fingerprint density at radius 1 is 1.10 bits per heavy atom. The molecule has 0 spiro atoms. The molecule has 1 fully saturated rings. The maximum absolute atomic E-state index is 13.1. The van der Waals surface area contributed by atoms with Crippen molar-refractivity contribution in [1.29, 1.82) is 5.26 Å². The van der Waals surface area contributed by atoms with Gasteiger partial charge < -0.3 is 9.80 Å². The molecule has 1 aliphatic heterocycles. The summed E-state index contributed by atoms with van der Waals surface area (Å²) in [6, 6.07) is 17.5. The second-order valence-corrected chi connectivity index (χ2v) is 7.30. The van der Waals surface area contributed by atoms with Crippen LogP contribution < -0.4 is 4.90 Å². The summed E-state index contributed by atoms with van der Waals surface area (Å²) in [5, 5.41) is 13.6. The lowest BCUT2D eigenvalue weighted by Gasteiger charge is -2.36. The second-order valence-electron chi connectivity index (χ2n) is 7.30. The molecule has 4 rings (SSSR count). The van der Waals surface area contributed by atoms with Gasteiger partial charge in [-0.25, -0.2) is 9.67 Å². The molecule has 7 nitrogen and oxygen atoms in total. The number of rotatable bonds is 5. The van der Waals surface area contributed by atoms with Gasteiger partial charge in [-0.05, 0) is 30.7 Å². The number of amides is 1. The van der Waals surface area contributed by atoms with E-state index in [-0.39, 0.29) is 5.91 Å². The molecule has 0 N–H and O–H groups in total. The van der Waals surface area contributed by atoms with Crippen LogP contribution >= 0.6 is 0 Å². The number of aryl methyl sites for hydroxylation is 1. The van der Waals surface area contributed by atoms with Crippen LogP contribution in [0, 0.1) is 11.3 Å². The Balaban J connectivity index is 1.47. The minimum absolute atomic E-state index is 0.0200. The molecule has 1 aliphatic rings. The van der Waals surface area contributed by atoms with Gasteiger partial charge in [-0.3, -0.25) is 4.79 Å². The molecule has 1 saturated heterocycles. The molecular formula is C23H24N6O. The molecule has 0 aliphatic carbocycles. The number of benzene rings is 2. The highest BCUT2D eigenvalue weighted by Crippen LogP contribution is 2.23. The number of nitriles is 1. The third-order valence-corrected chi connectivity index (χ3v) is 5.35.